The summed E-state index contributed by atoms with van der Waals surface area (Å²) >= 11 is 0. The molecular formula is C17H24N6O2. The molecule has 4 N–H and O–H groups in total. The van der Waals surface area contributed by atoms with Gasteiger partial charge >= 0.3 is 6.09 Å². The normalized spacial score (nSPS) is 15.5. The van der Waals surface area contributed by atoms with Crippen LogP contribution < -0.4 is 16.4 Å². The maximum Gasteiger partial charge on any atom is 0.410 e. The van der Waals surface area contributed by atoms with Crippen LogP contribution >= 0.6 is 0 Å². The van der Waals surface area contributed by atoms with E-state index >= 15 is 0 Å². The number of anilines is 3. The fourth-order valence-corrected chi connectivity index (χ4v) is 2.93. The molecule has 3 rings (SSSR count). The van der Waals surface area contributed by atoms with Crippen molar-refractivity contribution in [1.82, 2.24) is 14.9 Å². The number of rotatable bonds is 1. The van der Waals surface area contributed by atoms with Gasteiger partial charge in [0.1, 0.15) is 11.4 Å². The minimum absolute atomic E-state index is 0.164. The van der Waals surface area contributed by atoms with Crippen LogP contribution in [-0.4, -0.2) is 52.7 Å². The van der Waals surface area contributed by atoms with Gasteiger partial charge in [-0.1, -0.05) is 6.07 Å². The number of hydrogen-bond acceptors (Lipinski definition) is 7. The van der Waals surface area contributed by atoms with Crippen LogP contribution in [0.25, 0.3) is 10.9 Å². The molecule has 0 atom stereocenters. The first-order valence-corrected chi connectivity index (χ1v) is 8.29. The molecule has 0 unspecified atom stereocenters. The highest BCUT2D eigenvalue weighted by atomic mass is 16.6. The minimum Gasteiger partial charge on any atom is -0.444 e. The molecule has 8 nitrogen and oxygen atoms in total. The topological polar surface area (TPSA) is 111 Å². The van der Waals surface area contributed by atoms with Crippen molar-refractivity contribution in [3.8, 4) is 0 Å². The number of nitrogens with two attached hydrogens (primary N) is 2. The second kappa shape index (κ2) is 6.27. The molecule has 0 bridgehead atoms. The lowest BCUT2D eigenvalue weighted by atomic mass is 10.1. The number of piperazine rings is 1. The van der Waals surface area contributed by atoms with E-state index in [-0.39, 0.29) is 12.0 Å². The third kappa shape index (κ3) is 3.67. The predicted molar refractivity (Wildman–Crippen MR) is 98.4 cm³/mol. The summed E-state index contributed by atoms with van der Waals surface area (Å²) < 4.78 is 5.44. The molecule has 1 aliphatic rings. The van der Waals surface area contributed by atoms with Gasteiger partial charge in [-0.2, -0.15) is 4.98 Å². The predicted octanol–water partition coefficient (Wildman–Crippen LogP) is 1.85. The Balaban J connectivity index is 1.78. The Kier molecular flexibility index (Phi) is 4.28. The van der Waals surface area contributed by atoms with E-state index < -0.39 is 5.60 Å². The summed E-state index contributed by atoms with van der Waals surface area (Å²) in [6.45, 7) is 8.13. The first kappa shape index (κ1) is 17.1. The van der Waals surface area contributed by atoms with Gasteiger partial charge < -0.3 is 26.0 Å². The molecule has 0 saturated carbocycles. The van der Waals surface area contributed by atoms with E-state index in [0.717, 1.165) is 16.6 Å². The van der Waals surface area contributed by atoms with E-state index in [1.165, 1.54) is 0 Å². The number of hydrogen-bond donors (Lipinski definition) is 2. The fraction of sp³-hybridized carbons (Fsp3) is 0.471. The van der Waals surface area contributed by atoms with Gasteiger partial charge in [0.25, 0.3) is 0 Å². The Morgan fingerprint density at radius 1 is 1.12 bits per heavy atom. The van der Waals surface area contributed by atoms with Gasteiger partial charge in [-0.25, -0.2) is 9.78 Å². The van der Waals surface area contributed by atoms with Crippen molar-refractivity contribution in [2.75, 3.05) is 42.5 Å². The number of nitrogens with zero attached hydrogens (tertiary/aromatic N) is 4. The molecule has 1 aromatic heterocycles. The van der Waals surface area contributed by atoms with Gasteiger partial charge in [0, 0.05) is 26.2 Å². The van der Waals surface area contributed by atoms with E-state index in [1.807, 2.05) is 39.0 Å². The van der Waals surface area contributed by atoms with Crippen molar-refractivity contribution in [1.29, 1.82) is 0 Å². The first-order valence-electron chi connectivity index (χ1n) is 8.29. The maximum absolute atomic E-state index is 12.2. The lowest BCUT2D eigenvalue weighted by molar-refractivity contribution is 0.0240. The van der Waals surface area contributed by atoms with Crippen molar-refractivity contribution < 1.29 is 9.53 Å². The molecule has 1 amide bonds. The Labute approximate surface area is 146 Å². The lowest BCUT2D eigenvalue weighted by Crippen LogP contribution is -2.50. The number of nitrogen functional groups attached to an aromatic ring is 2. The van der Waals surface area contributed by atoms with Gasteiger partial charge in [0.15, 0.2) is 0 Å². The number of aromatic nitrogens is 2. The Hall–Kier alpha value is -2.77. The van der Waals surface area contributed by atoms with Gasteiger partial charge in [-0.3, -0.25) is 0 Å². The molecule has 1 saturated heterocycles. The van der Waals surface area contributed by atoms with Crippen LogP contribution in [0.15, 0.2) is 18.2 Å². The average molecular weight is 344 g/mol. The van der Waals surface area contributed by atoms with Crippen molar-refractivity contribution in [2.24, 2.45) is 0 Å². The number of benzene rings is 1. The monoisotopic (exact) mass is 344 g/mol. The molecule has 0 spiro atoms. The van der Waals surface area contributed by atoms with Crippen molar-refractivity contribution in [2.45, 2.75) is 26.4 Å². The van der Waals surface area contributed by atoms with E-state index in [1.54, 1.807) is 4.90 Å². The zero-order valence-electron chi connectivity index (χ0n) is 14.8. The molecule has 1 fully saturated rings. The average Bonchev–Trinajstić information content (AvgIpc) is 2.52. The summed E-state index contributed by atoms with van der Waals surface area (Å²) in [6, 6.07) is 5.77. The van der Waals surface area contributed by atoms with Crippen LogP contribution in [0.3, 0.4) is 0 Å². The molecule has 0 aliphatic carbocycles. The van der Waals surface area contributed by atoms with Crippen LogP contribution in [0.1, 0.15) is 20.8 Å². The summed E-state index contributed by atoms with van der Waals surface area (Å²) in [5.74, 6) is 0.532. The summed E-state index contributed by atoms with van der Waals surface area (Å²) in [6.07, 6.45) is -0.277. The third-order valence-corrected chi connectivity index (χ3v) is 4.02. The quantitative estimate of drug-likeness (QED) is 0.812. The van der Waals surface area contributed by atoms with Gasteiger partial charge in [-0.15, -0.1) is 0 Å². The van der Waals surface area contributed by atoms with Crippen LogP contribution in [0.4, 0.5) is 22.2 Å². The van der Waals surface area contributed by atoms with Crippen LogP contribution in [0.2, 0.25) is 0 Å². The standard InChI is InChI=1S/C17H24N6O2/c1-17(2,3)25-16(24)23-9-7-22(8-10-23)12-6-4-5-11-13(12)14(18)21-15(19)20-11/h4-6H,7-10H2,1-3H3,(H4,18,19,20,21). The summed E-state index contributed by atoms with van der Waals surface area (Å²) in [7, 11) is 0. The third-order valence-electron chi connectivity index (χ3n) is 4.02. The molecule has 8 heteroatoms. The van der Waals surface area contributed by atoms with Crippen molar-refractivity contribution in [3.05, 3.63) is 18.2 Å². The SMILES string of the molecule is CC(C)(C)OC(=O)N1CCN(c2cccc3nc(N)nc(N)c23)CC1. The molecule has 25 heavy (non-hydrogen) atoms. The second-order valence-corrected chi connectivity index (χ2v) is 7.09. The van der Waals surface area contributed by atoms with Crippen LogP contribution in [0.5, 0.6) is 0 Å². The summed E-state index contributed by atoms with van der Waals surface area (Å²) in [5, 5.41) is 0.794. The zero-order chi connectivity index (χ0) is 18.2. The molecule has 1 aromatic carbocycles. The number of carbonyl (C=O) groups is 1. The van der Waals surface area contributed by atoms with Crippen molar-refractivity contribution >= 4 is 34.4 Å². The zero-order valence-corrected chi connectivity index (χ0v) is 14.8. The van der Waals surface area contributed by atoms with E-state index in [0.29, 0.717) is 32.0 Å². The fourth-order valence-electron chi connectivity index (χ4n) is 2.93. The maximum atomic E-state index is 12.2. The van der Waals surface area contributed by atoms with Crippen molar-refractivity contribution in [3.63, 3.8) is 0 Å². The summed E-state index contributed by atoms with van der Waals surface area (Å²) in [4.78, 5) is 24.4. The Bertz CT molecular complexity index is 794. The van der Waals surface area contributed by atoms with Crippen LogP contribution in [-0.2, 0) is 4.74 Å². The summed E-state index contributed by atoms with van der Waals surface area (Å²) in [5.41, 5.74) is 12.9. The van der Waals surface area contributed by atoms with Gasteiger partial charge in [0.05, 0.1) is 16.6 Å². The minimum atomic E-state index is -0.491. The molecule has 1 aliphatic heterocycles. The Morgan fingerprint density at radius 2 is 1.80 bits per heavy atom. The lowest BCUT2D eigenvalue weighted by Gasteiger charge is -2.37. The highest BCUT2D eigenvalue weighted by Gasteiger charge is 2.26. The molecule has 2 aromatic rings. The smallest absolute Gasteiger partial charge is 0.410 e. The van der Waals surface area contributed by atoms with Gasteiger partial charge in [0.2, 0.25) is 5.95 Å². The molecule has 0 radical (unpaired) electrons. The highest BCUT2D eigenvalue weighted by Crippen LogP contribution is 2.30. The number of fused-ring (bicyclic) bond motifs is 1. The van der Waals surface area contributed by atoms with E-state index in [4.69, 9.17) is 16.2 Å². The molecule has 2 heterocycles. The second-order valence-electron chi connectivity index (χ2n) is 7.09. The van der Waals surface area contributed by atoms with Crippen LogP contribution in [0, 0.1) is 0 Å². The number of ether oxygens (including phenoxy) is 1. The first-order chi connectivity index (χ1) is 11.7. The van der Waals surface area contributed by atoms with Gasteiger partial charge in [-0.05, 0) is 32.9 Å². The molecule has 134 valence electrons. The van der Waals surface area contributed by atoms with E-state index in [2.05, 4.69) is 14.9 Å². The molecular weight excluding hydrogens is 320 g/mol. The number of amides is 1. The largest absolute Gasteiger partial charge is 0.444 e. The Morgan fingerprint density at radius 3 is 2.44 bits per heavy atom. The highest BCUT2D eigenvalue weighted by molar-refractivity contribution is 5.99. The number of carbonyl (C=O) groups excluding carboxylic acids is 1. The van der Waals surface area contributed by atoms with E-state index in [9.17, 15) is 4.79 Å².